The van der Waals surface area contributed by atoms with E-state index >= 15 is 0 Å². The van der Waals surface area contributed by atoms with Crippen LogP contribution >= 0.6 is 15.9 Å². The van der Waals surface area contributed by atoms with Crippen LogP contribution in [0.2, 0.25) is 0 Å². The van der Waals surface area contributed by atoms with Crippen molar-refractivity contribution in [1.82, 2.24) is 0 Å². The van der Waals surface area contributed by atoms with Crippen molar-refractivity contribution in [2.45, 2.75) is 6.61 Å². The molecule has 3 nitrogen and oxygen atoms in total. The molecule has 2 aromatic rings. The molecule has 0 saturated heterocycles. The number of halogens is 3. The third kappa shape index (κ3) is 3.57. The van der Waals surface area contributed by atoms with Crippen molar-refractivity contribution in [3.63, 3.8) is 0 Å². The standard InChI is InChI=1S/C13H11BrF2N2O/c14-8-5-6-9(17)11(7-8)18-10-3-1-2-4-12(10)19-13(15)16/h1-7,13,18H,17H2. The maximum atomic E-state index is 12.3. The van der Waals surface area contributed by atoms with Crippen molar-refractivity contribution in [2.75, 3.05) is 11.1 Å². The van der Waals surface area contributed by atoms with Crippen molar-refractivity contribution >= 4 is 33.0 Å². The Morgan fingerprint density at radius 2 is 1.84 bits per heavy atom. The monoisotopic (exact) mass is 328 g/mol. The van der Waals surface area contributed by atoms with Gasteiger partial charge in [-0.15, -0.1) is 0 Å². The van der Waals surface area contributed by atoms with E-state index in [0.29, 0.717) is 17.1 Å². The Morgan fingerprint density at radius 3 is 2.58 bits per heavy atom. The molecule has 0 heterocycles. The Balaban J connectivity index is 2.30. The van der Waals surface area contributed by atoms with Crippen molar-refractivity contribution in [3.8, 4) is 5.75 Å². The summed E-state index contributed by atoms with van der Waals surface area (Å²) in [6, 6.07) is 11.7. The van der Waals surface area contributed by atoms with Crippen LogP contribution in [-0.2, 0) is 0 Å². The normalized spacial score (nSPS) is 10.5. The molecule has 0 aliphatic carbocycles. The number of ether oxygens (including phenoxy) is 1. The molecule has 0 aliphatic rings. The fourth-order valence-corrected chi connectivity index (χ4v) is 1.91. The zero-order valence-corrected chi connectivity index (χ0v) is 11.3. The van der Waals surface area contributed by atoms with Crippen LogP contribution in [0, 0.1) is 0 Å². The quantitative estimate of drug-likeness (QED) is 0.819. The minimum atomic E-state index is -2.87. The molecular formula is C13H11BrF2N2O. The van der Waals surface area contributed by atoms with E-state index in [1.807, 2.05) is 0 Å². The molecule has 0 fully saturated rings. The Bertz CT molecular complexity index is 578. The van der Waals surface area contributed by atoms with Gasteiger partial charge in [0.1, 0.15) is 5.75 Å². The lowest BCUT2D eigenvalue weighted by atomic mass is 10.2. The van der Waals surface area contributed by atoms with Gasteiger partial charge in [0, 0.05) is 4.47 Å². The highest BCUT2D eigenvalue weighted by atomic mass is 79.9. The predicted molar refractivity (Wildman–Crippen MR) is 74.9 cm³/mol. The van der Waals surface area contributed by atoms with Gasteiger partial charge in [0.25, 0.3) is 0 Å². The maximum absolute atomic E-state index is 12.3. The van der Waals surface area contributed by atoms with E-state index in [0.717, 1.165) is 4.47 Å². The van der Waals surface area contributed by atoms with Crippen LogP contribution in [0.5, 0.6) is 5.75 Å². The number of hydrogen-bond acceptors (Lipinski definition) is 3. The van der Waals surface area contributed by atoms with Crippen molar-refractivity contribution in [3.05, 3.63) is 46.9 Å². The number of rotatable bonds is 4. The first-order chi connectivity index (χ1) is 9.06. The number of hydrogen-bond donors (Lipinski definition) is 2. The number of para-hydroxylation sites is 2. The highest BCUT2D eigenvalue weighted by Crippen LogP contribution is 2.32. The molecule has 0 saturated carbocycles. The summed E-state index contributed by atoms with van der Waals surface area (Å²) < 4.78 is 29.9. The molecule has 0 radical (unpaired) electrons. The molecule has 0 unspecified atom stereocenters. The summed E-state index contributed by atoms with van der Waals surface area (Å²) in [6.45, 7) is -2.87. The van der Waals surface area contributed by atoms with Gasteiger partial charge in [-0.2, -0.15) is 8.78 Å². The van der Waals surface area contributed by atoms with Gasteiger partial charge in [-0.3, -0.25) is 0 Å². The van der Waals surface area contributed by atoms with Crippen molar-refractivity contribution in [1.29, 1.82) is 0 Å². The van der Waals surface area contributed by atoms with Crippen molar-refractivity contribution in [2.24, 2.45) is 0 Å². The van der Waals surface area contributed by atoms with E-state index in [2.05, 4.69) is 26.0 Å². The summed E-state index contributed by atoms with van der Waals surface area (Å²) >= 11 is 3.32. The van der Waals surface area contributed by atoms with Crippen LogP contribution in [-0.4, -0.2) is 6.61 Å². The summed E-state index contributed by atoms with van der Waals surface area (Å²) in [5, 5.41) is 2.97. The van der Waals surface area contributed by atoms with Crippen LogP contribution in [0.4, 0.5) is 25.8 Å². The van der Waals surface area contributed by atoms with Crippen LogP contribution in [0.1, 0.15) is 0 Å². The zero-order valence-electron chi connectivity index (χ0n) is 9.74. The van der Waals surface area contributed by atoms with E-state index in [9.17, 15) is 8.78 Å². The first kappa shape index (κ1) is 13.6. The third-order valence-corrected chi connectivity index (χ3v) is 2.88. The number of anilines is 3. The molecule has 2 rings (SSSR count). The lowest BCUT2D eigenvalue weighted by molar-refractivity contribution is -0.0493. The molecule has 0 bridgehead atoms. The van der Waals surface area contributed by atoms with Gasteiger partial charge in [-0.05, 0) is 30.3 Å². The molecule has 0 atom stereocenters. The molecule has 3 N–H and O–H groups in total. The zero-order chi connectivity index (χ0) is 13.8. The molecule has 0 amide bonds. The highest BCUT2D eigenvalue weighted by Gasteiger charge is 2.10. The fourth-order valence-electron chi connectivity index (χ4n) is 1.55. The van der Waals surface area contributed by atoms with E-state index < -0.39 is 6.61 Å². The molecule has 0 aliphatic heterocycles. The molecule has 6 heteroatoms. The lowest BCUT2D eigenvalue weighted by Crippen LogP contribution is -2.05. The van der Waals surface area contributed by atoms with Crippen molar-refractivity contribution < 1.29 is 13.5 Å². The van der Waals surface area contributed by atoms with Gasteiger partial charge >= 0.3 is 6.61 Å². The second-order valence-electron chi connectivity index (χ2n) is 3.73. The highest BCUT2D eigenvalue weighted by molar-refractivity contribution is 9.10. The topological polar surface area (TPSA) is 47.3 Å². The first-order valence-electron chi connectivity index (χ1n) is 5.42. The van der Waals surface area contributed by atoms with Gasteiger partial charge in [0.05, 0.1) is 17.1 Å². The summed E-state index contributed by atoms with van der Waals surface area (Å²) in [5.41, 5.74) is 7.36. The minimum Gasteiger partial charge on any atom is -0.433 e. The summed E-state index contributed by atoms with van der Waals surface area (Å²) in [5.74, 6) is 0.0666. The van der Waals surface area contributed by atoms with E-state index in [1.165, 1.54) is 6.07 Å². The minimum absolute atomic E-state index is 0.0666. The molecule has 19 heavy (non-hydrogen) atoms. The number of nitrogens with two attached hydrogens (primary N) is 1. The van der Waals surface area contributed by atoms with E-state index in [4.69, 9.17) is 5.73 Å². The number of benzene rings is 2. The first-order valence-corrected chi connectivity index (χ1v) is 6.21. The Labute approximate surface area is 117 Å². The van der Waals surface area contributed by atoms with Crippen LogP contribution in [0.3, 0.4) is 0 Å². The van der Waals surface area contributed by atoms with E-state index in [1.54, 1.807) is 36.4 Å². The molecule has 0 aromatic heterocycles. The third-order valence-electron chi connectivity index (χ3n) is 2.39. The van der Waals surface area contributed by atoms with Gasteiger partial charge in [-0.25, -0.2) is 0 Å². The molecular weight excluding hydrogens is 318 g/mol. The van der Waals surface area contributed by atoms with Crippen LogP contribution in [0.25, 0.3) is 0 Å². The molecule has 100 valence electrons. The van der Waals surface area contributed by atoms with Gasteiger partial charge in [-0.1, -0.05) is 28.1 Å². The Hall–Kier alpha value is -1.82. The number of alkyl halides is 2. The second-order valence-corrected chi connectivity index (χ2v) is 4.65. The van der Waals surface area contributed by atoms with Gasteiger partial charge in [0.2, 0.25) is 0 Å². The van der Waals surface area contributed by atoms with Crippen LogP contribution < -0.4 is 15.8 Å². The summed E-state index contributed by atoms with van der Waals surface area (Å²) in [7, 11) is 0. The average Bonchev–Trinajstić information content (AvgIpc) is 2.35. The molecule has 2 aromatic carbocycles. The van der Waals surface area contributed by atoms with Crippen LogP contribution in [0.15, 0.2) is 46.9 Å². The maximum Gasteiger partial charge on any atom is 0.387 e. The summed E-state index contributed by atoms with van der Waals surface area (Å²) in [6.07, 6.45) is 0. The number of nitrogen functional groups attached to an aromatic ring is 1. The Morgan fingerprint density at radius 1 is 1.11 bits per heavy atom. The molecule has 0 spiro atoms. The lowest BCUT2D eigenvalue weighted by Gasteiger charge is -2.14. The summed E-state index contributed by atoms with van der Waals surface area (Å²) in [4.78, 5) is 0. The largest absolute Gasteiger partial charge is 0.433 e. The Kier molecular flexibility index (Phi) is 4.21. The number of nitrogens with one attached hydrogen (secondary N) is 1. The van der Waals surface area contributed by atoms with Gasteiger partial charge < -0.3 is 15.8 Å². The smallest absolute Gasteiger partial charge is 0.387 e. The van der Waals surface area contributed by atoms with Gasteiger partial charge in [0.15, 0.2) is 0 Å². The second kappa shape index (κ2) is 5.88. The SMILES string of the molecule is Nc1ccc(Br)cc1Nc1ccccc1OC(F)F. The van der Waals surface area contributed by atoms with E-state index in [-0.39, 0.29) is 5.75 Å². The average molecular weight is 329 g/mol. The predicted octanol–water partition coefficient (Wildman–Crippen LogP) is 4.38. The fraction of sp³-hybridized carbons (Fsp3) is 0.0769.